The van der Waals surface area contributed by atoms with Crippen molar-refractivity contribution in [2.24, 2.45) is 5.92 Å². The summed E-state index contributed by atoms with van der Waals surface area (Å²) >= 11 is 0. The van der Waals surface area contributed by atoms with Gasteiger partial charge in [-0.15, -0.1) is 12.4 Å². The van der Waals surface area contributed by atoms with Crippen molar-refractivity contribution in [3.05, 3.63) is 30.1 Å². The summed E-state index contributed by atoms with van der Waals surface area (Å²) in [6.45, 7) is 4.78. The van der Waals surface area contributed by atoms with E-state index in [2.05, 4.69) is 34.4 Å². The second kappa shape index (κ2) is 8.46. The lowest BCUT2D eigenvalue weighted by molar-refractivity contribution is 0.242. The van der Waals surface area contributed by atoms with Gasteiger partial charge in [-0.2, -0.15) is 0 Å². The fraction of sp³-hybridized carbons (Fsp3) is 0.643. The minimum atomic E-state index is 0. The molecule has 0 radical (unpaired) electrons. The summed E-state index contributed by atoms with van der Waals surface area (Å²) in [7, 11) is 2.24. The zero-order valence-electron chi connectivity index (χ0n) is 11.1. The summed E-state index contributed by atoms with van der Waals surface area (Å²) < 4.78 is 0. The Kier molecular flexibility index (Phi) is 7.25. The van der Waals surface area contributed by atoms with E-state index in [9.17, 15) is 0 Å². The summed E-state index contributed by atoms with van der Waals surface area (Å²) in [5, 5.41) is 3.42. The van der Waals surface area contributed by atoms with Crippen LogP contribution in [0, 0.1) is 5.92 Å². The van der Waals surface area contributed by atoms with Crippen molar-refractivity contribution in [3.63, 3.8) is 0 Å². The van der Waals surface area contributed by atoms with Crippen LogP contribution in [-0.4, -0.2) is 43.1 Å². The molecule has 0 saturated carbocycles. The first-order valence-electron chi connectivity index (χ1n) is 6.63. The van der Waals surface area contributed by atoms with Crippen LogP contribution in [0.25, 0.3) is 0 Å². The average Bonchev–Trinajstić information content (AvgIpc) is 2.39. The number of rotatable bonds is 5. The van der Waals surface area contributed by atoms with Gasteiger partial charge in [-0.05, 0) is 63.0 Å². The molecule has 1 aliphatic rings. The van der Waals surface area contributed by atoms with E-state index in [4.69, 9.17) is 0 Å². The van der Waals surface area contributed by atoms with Crippen LogP contribution < -0.4 is 5.32 Å². The van der Waals surface area contributed by atoms with E-state index in [1.54, 1.807) is 0 Å². The van der Waals surface area contributed by atoms with Gasteiger partial charge in [-0.25, -0.2) is 0 Å². The molecule has 0 bridgehead atoms. The molecule has 18 heavy (non-hydrogen) atoms. The SMILES string of the molecule is CN(CCc1ccncc1)CC1CCNCC1.Cl. The van der Waals surface area contributed by atoms with Crippen LogP contribution in [0.15, 0.2) is 24.5 Å². The number of nitrogens with one attached hydrogen (secondary N) is 1. The van der Waals surface area contributed by atoms with Gasteiger partial charge in [0.1, 0.15) is 0 Å². The van der Waals surface area contributed by atoms with Crippen molar-refractivity contribution in [2.75, 3.05) is 33.2 Å². The third kappa shape index (κ3) is 5.34. The molecule has 4 heteroatoms. The van der Waals surface area contributed by atoms with Crippen LogP contribution in [0.3, 0.4) is 0 Å². The molecule has 1 aromatic heterocycles. The van der Waals surface area contributed by atoms with Gasteiger partial charge in [0.2, 0.25) is 0 Å². The largest absolute Gasteiger partial charge is 0.317 e. The van der Waals surface area contributed by atoms with Crippen LogP contribution in [0.5, 0.6) is 0 Å². The highest BCUT2D eigenvalue weighted by Gasteiger charge is 2.14. The lowest BCUT2D eigenvalue weighted by Crippen LogP contribution is -2.35. The molecule has 1 aromatic rings. The molecule has 1 N–H and O–H groups in total. The summed E-state index contributed by atoms with van der Waals surface area (Å²) in [5.41, 5.74) is 1.39. The Bertz CT molecular complexity index is 312. The molecule has 2 heterocycles. The number of hydrogen-bond donors (Lipinski definition) is 1. The molecule has 0 spiro atoms. The molecular weight excluding hydrogens is 246 g/mol. The quantitative estimate of drug-likeness (QED) is 0.886. The van der Waals surface area contributed by atoms with Gasteiger partial charge in [0.15, 0.2) is 0 Å². The van der Waals surface area contributed by atoms with Crippen molar-refractivity contribution in [3.8, 4) is 0 Å². The fourth-order valence-electron chi connectivity index (χ4n) is 2.47. The third-order valence-corrected chi connectivity index (χ3v) is 3.56. The van der Waals surface area contributed by atoms with Gasteiger partial charge in [-0.1, -0.05) is 0 Å². The number of aromatic nitrogens is 1. The van der Waals surface area contributed by atoms with E-state index in [0.29, 0.717) is 0 Å². The zero-order chi connectivity index (χ0) is 11.9. The van der Waals surface area contributed by atoms with Crippen molar-refractivity contribution in [1.29, 1.82) is 0 Å². The van der Waals surface area contributed by atoms with Crippen molar-refractivity contribution >= 4 is 12.4 Å². The van der Waals surface area contributed by atoms with Crippen molar-refractivity contribution in [1.82, 2.24) is 15.2 Å². The van der Waals surface area contributed by atoms with Gasteiger partial charge in [0, 0.05) is 25.5 Å². The Balaban J connectivity index is 0.00000162. The molecule has 102 valence electrons. The molecular formula is C14H24ClN3. The summed E-state index contributed by atoms with van der Waals surface area (Å²) in [6.07, 6.45) is 7.55. The highest BCUT2D eigenvalue weighted by molar-refractivity contribution is 5.85. The smallest absolute Gasteiger partial charge is 0.0270 e. The first-order valence-corrected chi connectivity index (χ1v) is 6.63. The summed E-state index contributed by atoms with van der Waals surface area (Å²) in [4.78, 5) is 6.51. The Hall–Kier alpha value is -0.640. The summed E-state index contributed by atoms with van der Waals surface area (Å²) in [6, 6.07) is 4.22. The third-order valence-electron chi connectivity index (χ3n) is 3.56. The number of halogens is 1. The Morgan fingerprint density at radius 2 is 1.94 bits per heavy atom. The monoisotopic (exact) mass is 269 g/mol. The van der Waals surface area contributed by atoms with E-state index in [0.717, 1.165) is 18.9 Å². The standard InChI is InChI=1S/C14H23N3.ClH/c1-17(12-14-4-9-16-10-5-14)11-6-13-2-7-15-8-3-13;/h2-3,7-8,14,16H,4-6,9-12H2,1H3;1H. The number of pyridine rings is 1. The maximum absolute atomic E-state index is 4.05. The van der Waals surface area contributed by atoms with Gasteiger partial charge < -0.3 is 10.2 Å². The van der Waals surface area contributed by atoms with E-state index < -0.39 is 0 Å². The van der Waals surface area contributed by atoms with Crippen LogP contribution in [0.1, 0.15) is 18.4 Å². The second-order valence-electron chi connectivity index (χ2n) is 5.06. The first kappa shape index (κ1) is 15.4. The summed E-state index contributed by atoms with van der Waals surface area (Å²) in [5.74, 6) is 0.888. The van der Waals surface area contributed by atoms with Gasteiger partial charge in [0.05, 0.1) is 0 Å². The van der Waals surface area contributed by atoms with Crippen molar-refractivity contribution in [2.45, 2.75) is 19.3 Å². The Labute approximate surface area is 116 Å². The topological polar surface area (TPSA) is 28.2 Å². The first-order chi connectivity index (χ1) is 8.34. The van der Waals surface area contributed by atoms with Gasteiger partial charge in [-0.3, -0.25) is 4.98 Å². The molecule has 1 saturated heterocycles. The number of piperidine rings is 1. The van der Waals surface area contributed by atoms with Gasteiger partial charge >= 0.3 is 0 Å². The molecule has 0 aromatic carbocycles. The average molecular weight is 270 g/mol. The predicted octanol–water partition coefficient (Wildman–Crippen LogP) is 1.98. The normalized spacial score (nSPS) is 16.6. The van der Waals surface area contributed by atoms with E-state index in [-0.39, 0.29) is 12.4 Å². The van der Waals surface area contributed by atoms with E-state index in [1.165, 1.54) is 38.0 Å². The maximum atomic E-state index is 4.05. The van der Waals surface area contributed by atoms with E-state index >= 15 is 0 Å². The predicted molar refractivity (Wildman–Crippen MR) is 78.3 cm³/mol. The van der Waals surface area contributed by atoms with Crippen LogP contribution in [0.4, 0.5) is 0 Å². The molecule has 3 nitrogen and oxygen atoms in total. The number of nitrogens with zero attached hydrogens (tertiary/aromatic N) is 2. The molecule has 0 unspecified atom stereocenters. The minimum absolute atomic E-state index is 0. The highest BCUT2D eigenvalue weighted by atomic mass is 35.5. The lowest BCUT2D eigenvalue weighted by atomic mass is 9.97. The van der Waals surface area contributed by atoms with Crippen LogP contribution in [0.2, 0.25) is 0 Å². The fourth-order valence-corrected chi connectivity index (χ4v) is 2.47. The Morgan fingerprint density at radius 3 is 2.61 bits per heavy atom. The molecule has 1 fully saturated rings. The highest BCUT2D eigenvalue weighted by Crippen LogP contribution is 2.12. The van der Waals surface area contributed by atoms with Crippen molar-refractivity contribution < 1.29 is 0 Å². The Morgan fingerprint density at radius 1 is 1.28 bits per heavy atom. The van der Waals surface area contributed by atoms with Crippen LogP contribution >= 0.6 is 12.4 Å². The van der Waals surface area contributed by atoms with Gasteiger partial charge in [0.25, 0.3) is 0 Å². The van der Waals surface area contributed by atoms with Crippen LogP contribution in [-0.2, 0) is 6.42 Å². The number of likely N-dealkylation sites (N-methyl/N-ethyl adjacent to an activating group) is 1. The molecule has 2 rings (SSSR count). The second-order valence-corrected chi connectivity index (χ2v) is 5.06. The number of hydrogen-bond acceptors (Lipinski definition) is 3. The molecule has 0 aliphatic carbocycles. The van der Waals surface area contributed by atoms with E-state index in [1.807, 2.05) is 12.4 Å². The zero-order valence-corrected chi connectivity index (χ0v) is 12.0. The maximum Gasteiger partial charge on any atom is 0.0270 e. The lowest BCUT2D eigenvalue weighted by Gasteiger charge is -2.27. The molecule has 0 atom stereocenters. The molecule has 1 aliphatic heterocycles. The molecule has 0 amide bonds. The minimum Gasteiger partial charge on any atom is -0.317 e.